The molecule has 7 nitrogen and oxygen atoms in total. The third-order valence-electron chi connectivity index (χ3n) is 3.96. The summed E-state index contributed by atoms with van der Waals surface area (Å²) in [5, 5.41) is 4.21. The van der Waals surface area contributed by atoms with Crippen molar-refractivity contribution in [3.8, 4) is 0 Å². The molecule has 1 N–H and O–H groups in total. The zero-order chi connectivity index (χ0) is 15.4. The molecular weight excluding hydrogens is 282 g/mol. The number of aromatic nitrogens is 4. The van der Waals surface area contributed by atoms with E-state index < -0.39 is 0 Å². The van der Waals surface area contributed by atoms with Crippen LogP contribution in [-0.4, -0.2) is 51.0 Å². The lowest BCUT2D eigenvalue weighted by atomic mass is 10.0. The van der Waals surface area contributed by atoms with Crippen molar-refractivity contribution in [1.82, 2.24) is 24.6 Å². The summed E-state index contributed by atoms with van der Waals surface area (Å²) in [6.45, 7) is 4.14. The van der Waals surface area contributed by atoms with Crippen LogP contribution in [0, 0.1) is 5.92 Å². The number of aromatic amines is 1. The lowest BCUT2D eigenvalue weighted by Gasteiger charge is -2.23. The second kappa shape index (κ2) is 6.85. The van der Waals surface area contributed by atoms with Gasteiger partial charge in [-0.05, 0) is 12.5 Å². The molecule has 1 aliphatic heterocycles. The standard InChI is InChI=1S/C15H21N5O2/c1-19-14(2-3-18-19)9-20-4-5-22-10-12(8-20)6-13-7-15(21)17-11-16-13/h2-3,7,11-12H,4-6,8-10H2,1H3,(H,16,17,21)/t12-/m1/s1. The molecule has 2 aromatic rings. The summed E-state index contributed by atoms with van der Waals surface area (Å²) in [6.07, 6.45) is 4.04. The molecular formula is C15H21N5O2. The average Bonchev–Trinajstić information content (AvgIpc) is 2.76. The van der Waals surface area contributed by atoms with Gasteiger partial charge in [-0.1, -0.05) is 0 Å². The molecule has 0 radical (unpaired) electrons. The van der Waals surface area contributed by atoms with Crippen LogP contribution in [0.25, 0.3) is 0 Å². The fourth-order valence-corrected chi connectivity index (χ4v) is 2.82. The minimum atomic E-state index is -0.105. The van der Waals surface area contributed by atoms with E-state index in [0.29, 0.717) is 12.5 Å². The molecule has 1 atom stereocenters. The second-order valence-electron chi connectivity index (χ2n) is 5.73. The Morgan fingerprint density at radius 2 is 2.41 bits per heavy atom. The van der Waals surface area contributed by atoms with Crippen molar-refractivity contribution in [3.63, 3.8) is 0 Å². The van der Waals surface area contributed by atoms with E-state index in [1.54, 1.807) is 6.07 Å². The zero-order valence-corrected chi connectivity index (χ0v) is 12.7. The number of rotatable bonds is 4. The molecule has 0 aromatic carbocycles. The van der Waals surface area contributed by atoms with E-state index in [2.05, 4.69) is 20.0 Å². The van der Waals surface area contributed by atoms with E-state index in [0.717, 1.165) is 38.4 Å². The Kier molecular flexibility index (Phi) is 4.65. The monoisotopic (exact) mass is 303 g/mol. The van der Waals surface area contributed by atoms with Crippen LogP contribution in [0.3, 0.4) is 0 Å². The molecule has 0 spiro atoms. The minimum absolute atomic E-state index is 0.105. The van der Waals surface area contributed by atoms with Crippen LogP contribution in [0.2, 0.25) is 0 Å². The summed E-state index contributed by atoms with van der Waals surface area (Å²) < 4.78 is 7.61. The molecule has 0 bridgehead atoms. The molecule has 7 heteroatoms. The van der Waals surface area contributed by atoms with E-state index in [4.69, 9.17) is 4.74 Å². The summed E-state index contributed by atoms with van der Waals surface area (Å²) in [7, 11) is 1.96. The summed E-state index contributed by atoms with van der Waals surface area (Å²) in [5.41, 5.74) is 1.90. The van der Waals surface area contributed by atoms with Crippen LogP contribution < -0.4 is 5.56 Å². The largest absolute Gasteiger partial charge is 0.380 e. The van der Waals surface area contributed by atoms with Gasteiger partial charge in [-0.25, -0.2) is 4.98 Å². The van der Waals surface area contributed by atoms with Crippen molar-refractivity contribution >= 4 is 0 Å². The number of H-pyrrole nitrogens is 1. The quantitative estimate of drug-likeness (QED) is 0.873. The molecule has 0 unspecified atom stereocenters. The molecule has 1 saturated heterocycles. The van der Waals surface area contributed by atoms with Crippen LogP contribution in [0.1, 0.15) is 11.4 Å². The van der Waals surface area contributed by atoms with E-state index in [1.165, 1.54) is 12.0 Å². The topological polar surface area (TPSA) is 76.0 Å². The normalized spacial score (nSPS) is 20.0. The number of ether oxygens (including phenoxy) is 1. The third kappa shape index (κ3) is 3.80. The molecule has 118 valence electrons. The van der Waals surface area contributed by atoms with Gasteiger partial charge in [-0.15, -0.1) is 0 Å². The fraction of sp³-hybridized carbons (Fsp3) is 0.533. The average molecular weight is 303 g/mol. The van der Waals surface area contributed by atoms with Crippen molar-refractivity contribution < 1.29 is 4.74 Å². The number of nitrogens with zero attached hydrogens (tertiary/aromatic N) is 4. The van der Waals surface area contributed by atoms with Crippen molar-refractivity contribution in [2.24, 2.45) is 13.0 Å². The first-order chi connectivity index (χ1) is 10.7. The Balaban J connectivity index is 1.65. The van der Waals surface area contributed by atoms with Gasteiger partial charge in [0.15, 0.2) is 0 Å². The van der Waals surface area contributed by atoms with Gasteiger partial charge in [0.2, 0.25) is 0 Å². The van der Waals surface area contributed by atoms with Gasteiger partial charge in [0.1, 0.15) is 0 Å². The maximum atomic E-state index is 11.4. The summed E-state index contributed by atoms with van der Waals surface area (Å²) in [5.74, 6) is 0.338. The lowest BCUT2D eigenvalue weighted by Crippen LogP contribution is -2.31. The molecule has 1 aliphatic rings. The van der Waals surface area contributed by atoms with Gasteiger partial charge >= 0.3 is 0 Å². The van der Waals surface area contributed by atoms with Crippen molar-refractivity contribution in [2.75, 3.05) is 26.3 Å². The maximum Gasteiger partial charge on any atom is 0.250 e. The van der Waals surface area contributed by atoms with Gasteiger partial charge < -0.3 is 9.72 Å². The van der Waals surface area contributed by atoms with Crippen LogP contribution in [0.4, 0.5) is 0 Å². The second-order valence-corrected chi connectivity index (χ2v) is 5.73. The van der Waals surface area contributed by atoms with Gasteiger partial charge in [0.25, 0.3) is 5.56 Å². The Labute approximate surface area is 128 Å². The first kappa shape index (κ1) is 14.9. The van der Waals surface area contributed by atoms with E-state index in [-0.39, 0.29) is 5.56 Å². The smallest absolute Gasteiger partial charge is 0.250 e. The maximum absolute atomic E-state index is 11.4. The lowest BCUT2D eigenvalue weighted by molar-refractivity contribution is 0.121. The zero-order valence-electron chi connectivity index (χ0n) is 12.7. The van der Waals surface area contributed by atoms with Gasteiger partial charge in [0, 0.05) is 50.6 Å². The third-order valence-corrected chi connectivity index (χ3v) is 3.96. The molecule has 22 heavy (non-hydrogen) atoms. The van der Waals surface area contributed by atoms with Crippen molar-refractivity contribution in [2.45, 2.75) is 13.0 Å². The Hall–Kier alpha value is -1.99. The number of nitrogens with one attached hydrogen (secondary N) is 1. The van der Waals surface area contributed by atoms with Crippen molar-refractivity contribution in [1.29, 1.82) is 0 Å². The molecule has 2 aromatic heterocycles. The highest BCUT2D eigenvalue weighted by atomic mass is 16.5. The first-order valence-corrected chi connectivity index (χ1v) is 7.51. The highest BCUT2D eigenvalue weighted by Gasteiger charge is 2.20. The molecule has 0 aliphatic carbocycles. The molecule has 0 saturated carbocycles. The molecule has 3 rings (SSSR count). The van der Waals surface area contributed by atoms with Crippen molar-refractivity contribution in [3.05, 3.63) is 46.4 Å². The number of hydrogen-bond donors (Lipinski definition) is 1. The Bertz CT molecular complexity index is 666. The number of hydrogen-bond acceptors (Lipinski definition) is 5. The Morgan fingerprint density at radius 3 is 3.18 bits per heavy atom. The van der Waals surface area contributed by atoms with Gasteiger partial charge in [0.05, 0.1) is 25.2 Å². The minimum Gasteiger partial charge on any atom is -0.380 e. The number of aryl methyl sites for hydroxylation is 1. The van der Waals surface area contributed by atoms with Crippen LogP contribution in [-0.2, 0) is 24.8 Å². The fourth-order valence-electron chi connectivity index (χ4n) is 2.82. The van der Waals surface area contributed by atoms with Gasteiger partial charge in [-0.2, -0.15) is 5.10 Å². The van der Waals surface area contributed by atoms with E-state index >= 15 is 0 Å². The molecule has 0 amide bonds. The summed E-state index contributed by atoms with van der Waals surface area (Å²) in [4.78, 5) is 20.5. The SMILES string of the molecule is Cn1nccc1CN1CCOC[C@H](Cc2cc(=O)[nH]cn2)C1. The van der Waals surface area contributed by atoms with E-state index in [1.807, 2.05) is 24.0 Å². The first-order valence-electron chi connectivity index (χ1n) is 7.51. The summed E-state index contributed by atoms with van der Waals surface area (Å²) >= 11 is 0. The molecule has 3 heterocycles. The predicted molar refractivity (Wildman–Crippen MR) is 81.4 cm³/mol. The van der Waals surface area contributed by atoms with E-state index in [9.17, 15) is 4.79 Å². The molecule has 1 fully saturated rings. The Morgan fingerprint density at radius 1 is 1.50 bits per heavy atom. The highest BCUT2D eigenvalue weighted by molar-refractivity contribution is 5.02. The predicted octanol–water partition coefficient (Wildman–Crippen LogP) is 0.195. The van der Waals surface area contributed by atoms with Crippen LogP contribution in [0.15, 0.2) is 29.5 Å². The summed E-state index contributed by atoms with van der Waals surface area (Å²) in [6, 6.07) is 3.61. The van der Waals surface area contributed by atoms with Gasteiger partial charge in [-0.3, -0.25) is 14.4 Å². The van der Waals surface area contributed by atoms with Crippen LogP contribution >= 0.6 is 0 Å². The van der Waals surface area contributed by atoms with Crippen LogP contribution in [0.5, 0.6) is 0 Å². The highest BCUT2D eigenvalue weighted by Crippen LogP contribution is 2.14.